The molecule has 0 bridgehead atoms. The highest BCUT2D eigenvalue weighted by atomic mass is 35.5. The maximum atomic E-state index is 17.0. The highest BCUT2D eigenvalue weighted by Gasteiger charge is 2.76. The maximum Gasteiger partial charge on any atom is 0.196 e. The van der Waals surface area contributed by atoms with E-state index in [1.54, 1.807) is 13.8 Å². The fourth-order valence-corrected chi connectivity index (χ4v) is 7.58. The number of hydrogen-bond acceptors (Lipinski definition) is 5. The van der Waals surface area contributed by atoms with Crippen molar-refractivity contribution in [2.45, 2.75) is 63.6 Å². The van der Waals surface area contributed by atoms with E-state index in [0.717, 1.165) is 6.08 Å². The Balaban J connectivity index is 1.89. The van der Waals surface area contributed by atoms with E-state index in [1.165, 1.54) is 13.0 Å². The molecule has 0 radical (unpaired) electrons. The average Bonchev–Trinajstić information content (AvgIpc) is 2.87. The Morgan fingerprint density at radius 2 is 1.93 bits per heavy atom. The zero-order chi connectivity index (χ0) is 22.4. The summed E-state index contributed by atoms with van der Waals surface area (Å²) in [6, 6.07) is 0. The van der Waals surface area contributed by atoms with Gasteiger partial charge in [0.1, 0.15) is 18.4 Å². The van der Waals surface area contributed by atoms with Gasteiger partial charge in [-0.25, -0.2) is 8.78 Å². The van der Waals surface area contributed by atoms with E-state index in [1.807, 2.05) is 0 Å². The maximum absolute atomic E-state index is 17.0. The topological polar surface area (TPSA) is 94.8 Å². The molecule has 0 saturated heterocycles. The third-order valence-corrected chi connectivity index (χ3v) is 9.13. The summed E-state index contributed by atoms with van der Waals surface area (Å²) in [5.74, 6) is -3.59. The Morgan fingerprint density at radius 1 is 1.30 bits per heavy atom. The number of fused-ring (bicyclic) bond motifs is 5. The van der Waals surface area contributed by atoms with Crippen LogP contribution >= 0.6 is 11.6 Å². The van der Waals surface area contributed by atoms with E-state index in [2.05, 4.69) is 0 Å². The van der Waals surface area contributed by atoms with Crippen LogP contribution < -0.4 is 0 Å². The third-order valence-electron chi connectivity index (χ3n) is 8.84. The van der Waals surface area contributed by atoms with Crippen molar-refractivity contribution in [1.29, 1.82) is 0 Å². The van der Waals surface area contributed by atoms with Crippen molar-refractivity contribution in [3.8, 4) is 0 Å². The van der Waals surface area contributed by atoms with Crippen LogP contribution in [-0.4, -0.2) is 57.0 Å². The fourth-order valence-electron chi connectivity index (χ4n) is 7.31. The van der Waals surface area contributed by atoms with Crippen LogP contribution in [-0.2, 0) is 9.59 Å². The monoisotopic (exact) mass is 444 g/mol. The lowest BCUT2D eigenvalue weighted by molar-refractivity contribution is -0.223. The van der Waals surface area contributed by atoms with E-state index >= 15 is 8.78 Å². The van der Waals surface area contributed by atoms with E-state index in [-0.39, 0.29) is 29.9 Å². The molecule has 4 rings (SSSR count). The number of hydrogen-bond donors (Lipinski definition) is 3. The molecule has 3 saturated carbocycles. The number of alkyl halides is 2. The molecule has 30 heavy (non-hydrogen) atoms. The minimum atomic E-state index is -2.33. The molecule has 0 aromatic rings. The highest BCUT2D eigenvalue weighted by Crippen LogP contribution is 2.71. The second kappa shape index (κ2) is 6.44. The van der Waals surface area contributed by atoms with E-state index in [4.69, 9.17) is 11.6 Å². The highest BCUT2D eigenvalue weighted by molar-refractivity contribution is 6.44. The predicted molar refractivity (Wildman–Crippen MR) is 105 cm³/mol. The molecule has 9 atom stereocenters. The molecule has 3 N–H and O–H groups in total. The van der Waals surface area contributed by atoms with Gasteiger partial charge in [-0.3, -0.25) is 9.59 Å². The molecule has 0 amide bonds. The molecule has 8 heteroatoms. The SMILES string of the molecule is CC1CC2C3CC(F)C4=CC(=O)C(Cl)=C[C@]4(C)[C@@]3(F)C(O)C[C@]2(C)[C@@]1(O)C(=O)CO. The van der Waals surface area contributed by atoms with Crippen LogP contribution in [0.3, 0.4) is 0 Å². The summed E-state index contributed by atoms with van der Waals surface area (Å²) >= 11 is 6.02. The molecular weight excluding hydrogens is 418 g/mol. The quantitative estimate of drug-likeness (QED) is 0.608. The minimum absolute atomic E-state index is 0.0361. The lowest BCUT2D eigenvalue weighted by Crippen LogP contribution is -2.70. The van der Waals surface area contributed by atoms with E-state index in [9.17, 15) is 24.9 Å². The van der Waals surface area contributed by atoms with Crippen molar-refractivity contribution in [3.63, 3.8) is 0 Å². The van der Waals surface area contributed by atoms with Gasteiger partial charge >= 0.3 is 0 Å². The van der Waals surface area contributed by atoms with E-state index < -0.39 is 70.3 Å². The Kier molecular flexibility index (Phi) is 4.73. The lowest BCUT2D eigenvalue weighted by Gasteiger charge is -2.63. The number of carbonyl (C=O) groups excluding carboxylic acids is 2. The first kappa shape index (κ1) is 22.1. The number of halogens is 3. The zero-order valence-electron chi connectivity index (χ0n) is 17.2. The first-order valence-corrected chi connectivity index (χ1v) is 10.7. The van der Waals surface area contributed by atoms with E-state index in [0.29, 0.717) is 0 Å². The number of aliphatic hydroxyl groups excluding tert-OH is 2. The smallest absolute Gasteiger partial charge is 0.196 e. The third kappa shape index (κ3) is 2.27. The Hall–Kier alpha value is -1.15. The summed E-state index contributed by atoms with van der Waals surface area (Å²) in [5.41, 5.74) is -7.19. The molecule has 0 heterocycles. The van der Waals surface area contributed by atoms with Crippen LogP contribution in [0, 0.1) is 28.6 Å². The summed E-state index contributed by atoms with van der Waals surface area (Å²) in [7, 11) is 0. The summed E-state index contributed by atoms with van der Waals surface area (Å²) in [6.45, 7) is 3.84. The molecule has 0 aromatic carbocycles. The van der Waals surface area contributed by atoms with Gasteiger partial charge in [0.05, 0.1) is 11.1 Å². The summed E-state index contributed by atoms with van der Waals surface area (Å²) in [6.07, 6.45) is -1.28. The van der Waals surface area contributed by atoms with Crippen molar-refractivity contribution < 1.29 is 33.7 Å². The second-order valence-corrected chi connectivity index (χ2v) is 10.4. The van der Waals surface area contributed by atoms with Gasteiger partial charge in [0.15, 0.2) is 17.2 Å². The lowest BCUT2D eigenvalue weighted by atomic mass is 9.44. The van der Waals surface area contributed by atoms with Gasteiger partial charge in [0, 0.05) is 16.7 Å². The van der Waals surface area contributed by atoms with Crippen LogP contribution in [0.2, 0.25) is 0 Å². The molecule has 3 fully saturated rings. The van der Waals surface area contributed by atoms with Crippen molar-refractivity contribution in [2.75, 3.05) is 6.61 Å². The largest absolute Gasteiger partial charge is 0.390 e. The fraction of sp³-hybridized carbons (Fsp3) is 0.727. The molecule has 0 aromatic heterocycles. The number of Topliss-reactive ketones (excluding diaryl/α,β-unsaturated/α-hetero) is 1. The van der Waals surface area contributed by atoms with Gasteiger partial charge in [-0.05, 0) is 55.7 Å². The van der Waals surface area contributed by atoms with Gasteiger partial charge < -0.3 is 15.3 Å². The minimum Gasteiger partial charge on any atom is -0.390 e. The molecular formula is C22H27ClF2O5. The van der Waals surface area contributed by atoms with Crippen LogP contribution in [0.1, 0.15) is 40.0 Å². The molecule has 5 unspecified atom stereocenters. The van der Waals surface area contributed by atoms with Gasteiger partial charge in [0.2, 0.25) is 0 Å². The van der Waals surface area contributed by atoms with Crippen LogP contribution in [0.5, 0.6) is 0 Å². The van der Waals surface area contributed by atoms with Crippen molar-refractivity contribution >= 4 is 23.2 Å². The van der Waals surface area contributed by atoms with Gasteiger partial charge in [-0.1, -0.05) is 25.4 Å². The summed E-state index contributed by atoms with van der Waals surface area (Å²) in [4.78, 5) is 24.6. The number of allylic oxidation sites excluding steroid dienone is 4. The standard InChI is InChI=1S/C22H27ClF2O5/c1-10-4-11-12-5-15(24)13-6-16(27)14(23)7-19(13,2)21(12,25)17(28)8-20(11,3)22(10,30)18(29)9-26/h6-7,10-12,15,17,26,28,30H,4-5,8-9H2,1-3H3/t10?,11?,12?,15?,17?,19-,20-,21-,22-/m0/s1. The van der Waals surface area contributed by atoms with Crippen molar-refractivity contribution in [3.05, 3.63) is 22.8 Å². The molecule has 4 aliphatic carbocycles. The average molecular weight is 445 g/mol. The zero-order valence-corrected chi connectivity index (χ0v) is 17.9. The van der Waals surface area contributed by atoms with Gasteiger partial charge in [-0.2, -0.15) is 0 Å². The second-order valence-electron chi connectivity index (χ2n) is 9.96. The first-order chi connectivity index (χ1) is 13.8. The molecule has 166 valence electrons. The normalized spacial score (nSPS) is 52.7. The van der Waals surface area contributed by atoms with Crippen LogP contribution in [0.25, 0.3) is 0 Å². The van der Waals surface area contributed by atoms with Crippen LogP contribution in [0.15, 0.2) is 22.8 Å². The molecule has 0 aliphatic heterocycles. The van der Waals surface area contributed by atoms with Gasteiger partial charge in [0.25, 0.3) is 0 Å². The van der Waals surface area contributed by atoms with Crippen LogP contribution in [0.4, 0.5) is 8.78 Å². The summed E-state index contributed by atoms with van der Waals surface area (Å²) in [5, 5.41) is 31.7. The molecule has 4 aliphatic rings. The summed E-state index contributed by atoms with van der Waals surface area (Å²) < 4.78 is 32.3. The Bertz CT molecular complexity index is 889. The number of carbonyl (C=O) groups is 2. The number of rotatable bonds is 2. The Labute approximate surface area is 178 Å². The molecule has 0 spiro atoms. The predicted octanol–water partition coefficient (Wildman–Crippen LogP) is 2.41. The Morgan fingerprint density at radius 3 is 2.53 bits per heavy atom. The number of ketones is 2. The van der Waals surface area contributed by atoms with Crippen molar-refractivity contribution in [2.24, 2.45) is 28.6 Å². The van der Waals surface area contributed by atoms with Crippen molar-refractivity contribution in [1.82, 2.24) is 0 Å². The molecule has 5 nitrogen and oxygen atoms in total. The number of aliphatic hydroxyl groups is 3. The van der Waals surface area contributed by atoms with Gasteiger partial charge in [-0.15, -0.1) is 0 Å². The first-order valence-electron chi connectivity index (χ1n) is 10.3.